The Balaban J connectivity index is -0.0000000271. The maximum absolute atomic E-state index is 8.56. The Labute approximate surface area is 360 Å². The van der Waals surface area contributed by atoms with Gasteiger partial charge in [0.1, 0.15) is 0 Å². The molecule has 68 heavy (non-hydrogen) atoms. The van der Waals surface area contributed by atoms with E-state index in [9.17, 15) is 0 Å². The average Bonchev–Trinajstić information content (AvgIpc) is 2.87. The average molecular weight is 1050 g/mol. The fraction of sp³-hybridized carbons (Fsp3) is 0. The molecule has 0 bridgehead atoms. The molecule has 0 saturated carbocycles. The Morgan fingerprint density at radius 3 is 0.0882 bits per heavy atom. The molecule has 0 fully saturated rings. The Morgan fingerprint density at radius 1 is 0.0882 bits per heavy atom. The normalized spacial score (nSPS) is 6.00. The summed E-state index contributed by atoms with van der Waals surface area (Å²) < 4.78 is 0. The van der Waals surface area contributed by atoms with E-state index in [4.69, 9.17) is 255 Å². The number of hydrogen-bond acceptors (Lipinski definition) is 17. The monoisotopic (exact) mass is 1050 g/mol. The van der Waals surface area contributed by atoms with Crippen LogP contribution in [0.1, 0.15) is 0 Å². The molecular formula is C17H34O51. The van der Waals surface area contributed by atoms with Crippen LogP contribution in [0, 0.1) is 0 Å². The maximum Gasteiger partial charge on any atom is 0.503 e. The molecule has 0 atom stereocenters. The van der Waals surface area contributed by atoms with Crippen molar-refractivity contribution >= 4 is 105 Å². The molecule has 408 valence electrons. The van der Waals surface area contributed by atoms with Gasteiger partial charge < -0.3 is 174 Å². The Morgan fingerprint density at radius 2 is 0.0882 bits per heavy atom. The van der Waals surface area contributed by atoms with E-state index in [1.54, 1.807) is 0 Å². The summed E-state index contributed by atoms with van der Waals surface area (Å²) in [7, 11) is 0. The topological polar surface area (TPSA) is 978 Å². The fourth-order valence-electron chi connectivity index (χ4n) is 0. The third-order valence-electron chi connectivity index (χ3n) is 0. The molecule has 0 aliphatic rings. The molecule has 51 nitrogen and oxygen atoms in total. The number of rotatable bonds is 0. The maximum atomic E-state index is 8.56. The minimum atomic E-state index is -1.83. The van der Waals surface area contributed by atoms with Gasteiger partial charge in [-0.05, 0) is 0 Å². The first-order chi connectivity index (χ1) is 29.4. The zero-order valence-electron chi connectivity index (χ0n) is 30.6. The third-order valence-corrected chi connectivity index (χ3v) is 0. The van der Waals surface area contributed by atoms with Crippen molar-refractivity contribution in [1.29, 1.82) is 0 Å². The van der Waals surface area contributed by atoms with Crippen molar-refractivity contribution in [2.75, 3.05) is 0 Å². The summed E-state index contributed by atoms with van der Waals surface area (Å²) >= 11 is 0. The molecule has 0 spiro atoms. The van der Waals surface area contributed by atoms with Crippen LogP contribution in [0.4, 0.5) is 81.5 Å². The van der Waals surface area contributed by atoms with Gasteiger partial charge in [0.05, 0.1) is 0 Å². The van der Waals surface area contributed by atoms with Crippen molar-refractivity contribution in [3.8, 4) is 0 Å². The Hall–Kier alpha value is -12.4. The predicted octanol–water partition coefficient (Wildman–Crippen LogP) is 3.78. The first kappa shape index (κ1) is 111. The smallest absolute Gasteiger partial charge is 0.450 e. The van der Waals surface area contributed by atoms with E-state index < -0.39 is 105 Å². The van der Waals surface area contributed by atoms with Gasteiger partial charge in [0, 0.05) is 0 Å². The van der Waals surface area contributed by atoms with Crippen molar-refractivity contribution in [2.45, 2.75) is 0 Å². The Bertz CT molecular complexity index is 863. The van der Waals surface area contributed by atoms with Crippen LogP contribution < -0.4 is 0 Å². The summed E-state index contributed by atoms with van der Waals surface area (Å²) in [6, 6.07) is 0. The quantitative estimate of drug-likeness (QED) is 0.164. The minimum absolute atomic E-state index is 1.83. The van der Waals surface area contributed by atoms with E-state index in [2.05, 4.69) is 0 Å². The second kappa shape index (κ2) is 105. The molecular weight excluding hydrogens is 1020 g/mol. The van der Waals surface area contributed by atoms with E-state index in [0.29, 0.717) is 0 Å². The second-order valence-electron chi connectivity index (χ2n) is 4.80. The standard InChI is InChI=1S/17CH2O3/c17*2-1(3)4/h17*(H2,2,3,4). The van der Waals surface area contributed by atoms with Crippen molar-refractivity contribution in [3.63, 3.8) is 0 Å². The van der Waals surface area contributed by atoms with Crippen LogP contribution >= 0.6 is 0 Å². The van der Waals surface area contributed by atoms with Crippen molar-refractivity contribution in [3.05, 3.63) is 0 Å². The van der Waals surface area contributed by atoms with E-state index in [1.165, 1.54) is 0 Å². The number of carboxylic acid groups (broad SMARTS) is 34. The fourth-order valence-corrected chi connectivity index (χ4v) is 0. The lowest BCUT2D eigenvalue weighted by molar-refractivity contribution is 0.135. The zero-order chi connectivity index (χ0) is 60.8. The van der Waals surface area contributed by atoms with E-state index in [-0.39, 0.29) is 0 Å². The summed E-state index contributed by atoms with van der Waals surface area (Å²) in [5.41, 5.74) is 0. The summed E-state index contributed by atoms with van der Waals surface area (Å²) in [5, 5.41) is 237. The van der Waals surface area contributed by atoms with E-state index in [1.807, 2.05) is 0 Å². The molecule has 0 amide bonds. The molecule has 0 radical (unpaired) electrons. The highest BCUT2D eigenvalue weighted by Gasteiger charge is 1.75. The van der Waals surface area contributed by atoms with Crippen molar-refractivity contribution in [1.82, 2.24) is 0 Å². The van der Waals surface area contributed by atoms with Crippen LogP contribution in [-0.4, -0.2) is 278 Å². The minimum Gasteiger partial charge on any atom is -0.450 e. The number of hydrogen-bond donors (Lipinski definition) is 34. The molecule has 0 unspecified atom stereocenters. The van der Waals surface area contributed by atoms with Crippen LogP contribution in [0.15, 0.2) is 0 Å². The van der Waals surface area contributed by atoms with Gasteiger partial charge in [0.25, 0.3) is 0 Å². The molecule has 51 heteroatoms. The van der Waals surface area contributed by atoms with Crippen LogP contribution in [0.3, 0.4) is 0 Å². The highest BCUT2D eigenvalue weighted by Crippen LogP contribution is 1.48. The predicted molar refractivity (Wildman–Crippen MR) is 181 cm³/mol. The van der Waals surface area contributed by atoms with Crippen LogP contribution in [0.25, 0.3) is 0 Å². The molecule has 0 heterocycles. The van der Waals surface area contributed by atoms with Gasteiger partial charge in [0.15, 0.2) is 0 Å². The molecule has 0 aromatic carbocycles. The molecule has 34 N–H and O–H groups in total. The van der Waals surface area contributed by atoms with Gasteiger partial charge in [-0.2, -0.15) is 0 Å². The first-order valence-electron chi connectivity index (χ1n) is 11.1. The molecule has 0 aromatic heterocycles. The zero-order valence-corrected chi connectivity index (χ0v) is 30.6. The first-order valence-corrected chi connectivity index (χ1v) is 11.1. The van der Waals surface area contributed by atoms with Gasteiger partial charge in [-0.1, -0.05) is 0 Å². The summed E-state index contributed by atoms with van der Waals surface area (Å²) in [6.07, 6.45) is -31.2. The number of carbonyl (C=O) groups is 17. The van der Waals surface area contributed by atoms with Gasteiger partial charge in [0.2, 0.25) is 0 Å². The van der Waals surface area contributed by atoms with Gasteiger partial charge in [-0.25, -0.2) is 81.5 Å². The summed E-state index contributed by atoms with van der Waals surface area (Å²) in [6.45, 7) is 0. The van der Waals surface area contributed by atoms with Gasteiger partial charge in [-0.15, -0.1) is 0 Å². The summed E-state index contributed by atoms with van der Waals surface area (Å²) in [4.78, 5) is 145. The largest absolute Gasteiger partial charge is 0.503 e. The van der Waals surface area contributed by atoms with E-state index in [0.717, 1.165) is 0 Å². The SMILES string of the molecule is O=C(O)O.O=C(O)O.O=C(O)O.O=C(O)O.O=C(O)O.O=C(O)O.O=C(O)O.O=C(O)O.O=C(O)O.O=C(O)O.O=C(O)O.O=C(O)O.O=C(O)O.O=C(O)O.O=C(O)O.O=C(O)O.O=C(O)O. The van der Waals surface area contributed by atoms with Crippen LogP contribution in [0.5, 0.6) is 0 Å². The van der Waals surface area contributed by atoms with Crippen LogP contribution in [-0.2, 0) is 0 Å². The molecule has 0 rings (SSSR count). The van der Waals surface area contributed by atoms with Crippen molar-refractivity contribution < 1.29 is 255 Å². The molecule has 0 aliphatic heterocycles. The molecule has 0 saturated heterocycles. The molecule has 0 aromatic rings. The lowest BCUT2D eigenvalue weighted by atomic mass is 11.5. The highest BCUT2D eigenvalue weighted by molar-refractivity contribution is 5.56. The lowest BCUT2D eigenvalue weighted by Crippen LogP contribution is -1.81. The lowest BCUT2D eigenvalue weighted by Gasteiger charge is -1.60. The molecule has 0 aliphatic carbocycles. The third kappa shape index (κ3) is 962. The summed E-state index contributed by atoms with van der Waals surface area (Å²) in [5.74, 6) is 0. The van der Waals surface area contributed by atoms with Gasteiger partial charge in [-0.3, -0.25) is 0 Å². The van der Waals surface area contributed by atoms with Crippen molar-refractivity contribution in [2.24, 2.45) is 0 Å². The highest BCUT2D eigenvalue weighted by atomic mass is 16.6. The van der Waals surface area contributed by atoms with Crippen LogP contribution in [0.2, 0.25) is 0 Å². The van der Waals surface area contributed by atoms with Gasteiger partial charge >= 0.3 is 105 Å². The Kier molecular flexibility index (Phi) is 172. The van der Waals surface area contributed by atoms with E-state index >= 15 is 0 Å². The second-order valence-corrected chi connectivity index (χ2v) is 4.80.